The third-order valence-electron chi connectivity index (χ3n) is 6.51. The lowest BCUT2D eigenvalue weighted by molar-refractivity contribution is 0.0909. The second kappa shape index (κ2) is 11.0. The van der Waals surface area contributed by atoms with E-state index in [0.29, 0.717) is 33.5 Å². The smallest absolute Gasteiger partial charge is 0.273 e. The molecule has 3 aromatic carbocycles. The topological polar surface area (TPSA) is 126 Å². The molecule has 5 aromatic rings. The van der Waals surface area contributed by atoms with Crippen LogP contribution in [-0.2, 0) is 0 Å². The third kappa shape index (κ3) is 5.12. The molecule has 0 bridgehead atoms. The first-order valence-electron chi connectivity index (χ1n) is 12.4. The van der Waals surface area contributed by atoms with Crippen LogP contribution in [0.25, 0.3) is 28.0 Å². The van der Waals surface area contributed by atoms with Crippen LogP contribution >= 0.6 is 0 Å². The van der Waals surface area contributed by atoms with Gasteiger partial charge in [-0.25, -0.2) is 9.37 Å². The minimum atomic E-state index is -0.812. The van der Waals surface area contributed by atoms with Gasteiger partial charge >= 0.3 is 0 Å². The molecule has 2 heterocycles. The van der Waals surface area contributed by atoms with E-state index in [1.54, 1.807) is 18.2 Å². The molecule has 0 saturated carbocycles. The first-order chi connectivity index (χ1) is 19.3. The second-order valence-corrected chi connectivity index (χ2v) is 9.17. The van der Waals surface area contributed by atoms with Gasteiger partial charge in [-0.2, -0.15) is 0 Å². The number of aromatic nitrogens is 2. The zero-order chi connectivity index (χ0) is 28.4. The molecular weight excluding hydrogens is 515 g/mol. The van der Waals surface area contributed by atoms with Crippen molar-refractivity contribution in [3.05, 3.63) is 118 Å². The van der Waals surface area contributed by atoms with E-state index in [1.165, 1.54) is 42.1 Å². The zero-order valence-electron chi connectivity index (χ0n) is 21.6. The van der Waals surface area contributed by atoms with Gasteiger partial charge in [-0.3, -0.25) is 19.0 Å². The largest absolute Gasteiger partial charge is 0.455 e. The van der Waals surface area contributed by atoms with Gasteiger partial charge in [0.15, 0.2) is 0 Å². The fourth-order valence-corrected chi connectivity index (χ4v) is 4.38. The van der Waals surface area contributed by atoms with Crippen LogP contribution in [0.15, 0.2) is 88.3 Å². The molecule has 2 aromatic heterocycles. The highest BCUT2D eigenvalue weighted by Gasteiger charge is 2.23. The number of nitrogens with one attached hydrogen (secondary N) is 2. The Bertz CT molecular complexity index is 1780. The van der Waals surface area contributed by atoms with Crippen LogP contribution in [-0.4, -0.2) is 40.1 Å². The summed E-state index contributed by atoms with van der Waals surface area (Å²) >= 11 is 0. The van der Waals surface area contributed by atoms with Crippen LogP contribution in [0, 0.1) is 12.7 Å². The van der Waals surface area contributed by atoms with Gasteiger partial charge in [-0.15, -0.1) is 0 Å². The molecule has 202 valence electrons. The van der Waals surface area contributed by atoms with Gasteiger partial charge in [0.1, 0.15) is 22.9 Å². The number of carbonyl (C=O) groups excluding carboxylic acids is 2. The van der Waals surface area contributed by atoms with E-state index < -0.39 is 29.9 Å². The summed E-state index contributed by atoms with van der Waals surface area (Å²) in [6, 6.07) is 17.1. The lowest BCUT2D eigenvalue weighted by Gasteiger charge is -2.17. The van der Waals surface area contributed by atoms with E-state index in [1.807, 2.05) is 31.2 Å². The molecule has 0 aliphatic heterocycles. The maximum Gasteiger partial charge on any atom is 0.273 e. The van der Waals surface area contributed by atoms with Gasteiger partial charge in [-0.05, 0) is 42.8 Å². The summed E-state index contributed by atoms with van der Waals surface area (Å²) in [6.45, 7) is 1.53. The molecule has 0 aliphatic rings. The van der Waals surface area contributed by atoms with Gasteiger partial charge in [0, 0.05) is 29.9 Å². The Morgan fingerprint density at radius 3 is 2.45 bits per heavy atom. The highest BCUT2D eigenvalue weighted by atomic mass is 19.1. The highest BCUT2D eigenvalue weighted by Crippen LogP contribution is 2.35. The van der Waals surface area contributed by atoms with E-state index in [2.05, 4.69) is 15.6 Å². The van der Waals surface area contributed by atoms with Crippen molar-refractivity contribution in [3.63, 3.8) is 0 Å². The van der Waals surface area contributed by atoms with Gasteiger partial charge in [-0.1, -0.05) is 42.0 Å². The number of halogens is 1. The molecule has 1 atom stereocenters. The molecule has 0 aliphatic carbocycles. The summed E-state index contributed by atoms with van der Waals surface area (Å²) in [4.78, 5) is 42.7. The number of benzene rings is 3. The summed E-state index contributed by atoms with van der Waals surface area (Å²) in [5, 5.41) is 15.6. The van der Waals surface area contributed by atoms with Crippen LogP contribution < -0.4 is 16.2 Å². The van der Waals surface area contributed by atoms with Crippen LogP contribution in [0.2, 0.25) is 0 Å². The minimum absolute atomic E-state index is 0.0840. The number of rotatable bonds is 7. The molecule has 0 unspecified atom stereocenters. The van der Waals surface area contributed by atoms with Crippen molar-refractivity contribution >= 4 is 22.8 Å². The SMILES string of the molecule is CNC(=O)c1c(-c2ccc(C)cc2)oc2ccc(-n3cc(C(=O)N[C@H](CO)c4ccc(F)cc4)ncc3=O)cc12. The molecule has 40 heavy (non-hydrogen) atoms. The van der Waals surface area contributed by atoms with Crippen LogP contribution in [0.1, 0.15) is 38.0 Å². The fourth-order valence-electron chi connectivity index (χ4n) is 4.38. The summed E-state index contributed by atoms with van der Waals surface area (Å²) in [5.74, 6) is -1.05. The average Bonchev–Trinajstić information content (AvgIpc) is 3.35. The van der Waals surface area contributed by atoms with Crippen LogP contribution in [0.4, 0.5) is 4.39 Å². The van der Waals surface area contributed by atoms with E-state index in [-0.39, 0.29) is 11.6 Å². The lowest BCUT2D eigenvalue weighted by atomic mass is 10.0. The van der Waals surface area contributed by atoms with Crippen molar-refractivity contribution in [3.8, 4) is 17.0 Å². The summed E-state index contributed by atoms with van der Waals surface area (Å²) in [5.41, 5.74) is 2.84. The molecule has 2 amide bonds. The number of nitrogens with zero attached hydrogens (tertiary/aromatic N) is 2. The molecule has 3 N–H and O–H groups in total. The Morgan fingerprint density at radius 1 is 1.05 bits per heavy atom. The number of carbonyl (C=O) groups is 2. The second-order valence-electron chi connectivity index (χ2n) is 9.17. The molecule has 0 fully saturated rings. The lowest BCUT2D eigenvalue weighted by Crippen LogP contribution is -2.32. The number of aliphatic hydroxyl groups excluding tert-OH is 1. The van der Waals surface area contributed by atoms with Crippen molar-refractivity contribution in [2.75, 3.05) is 13.7 Å². The van der Waals surface area contributed by atoms with Gasteiger partial charge in [0.2, 0.25) is 0 Å². The standard InChI is InChI=1S/C30H25FN4O5/c1-17-3-5-19(6-4-17)28-27(30(39)32-2)22-13-21(11-12-25(22)40-28)35-15-23(33-14-26(35)37)29(38)34-24(16-36)18-7-9-20(31)10-8-18/h3-15,24,36H,16H2,1-2H3,(H,32,39)(H,34,38)/t24-/m1/s1. The summed E-state index contributed by atoms with van der Waals surface area (Å²) < 4.78 is 20.6. The van der Waals surface area contributed by atoms with E-state index in [4.69, 9.17) is 4.42 Å². The van der Waals surface area contributed by atoms with Crippen molar-refractivity contribution in [1.82, 2.24) is 20.2 Å². The Balaban J connectivity index is 1.53. The Kier molecular flexibility index (Phi) is 7.26. The highest BCUT2D eigenvalue weighted by molar-refractivity contribution is 6.11. The molecule has 9 nitrogen and oxygen atoms in total. The van der Waals surface area contributed by atoms with Crippen molar-refractivity contribution in [2.24, 2.45) is 0 Å². The Morgan fingerprint density at radius 2 is 1.77 bits per heavy atom. The first kappa shape index (κ1) is 26.5. The molecule has 10 heteroatoms. The summed E-state index contributed by atoms with van der Waals surface area (Å²) in [7, 11) is 1.52. The molecule has 0 spiro atoms. The number of amides is 2. The molecule has 5 rings (SSSR count). The number of aliphatic hydroxyl groups is 1. The van der Waals surface area contributed by atoms with Crippen LogP contribution in [0.5, 0.6) is 0 Å². The molecule has 0 saturated heterocycles. The van der Waals surface area contributed by atoms with Crippen LogP contribution in [0.3, 0.4) is 0 Å². The number of hydrogen-bond donors (Lipinski definition) is 3. The number of furan rings is 1. The average molecular weight is 541 g/mol. The Hall–Kier alpha value is -5.09. The maximum atomic E-state index is 13.3. The fraction of sp³-hybridized carbons (Fsp3) is 0.133. The third-order valence-corrected chi connectivity index (χ3v) is 6.51. The minimum Gasteiger partial charge on any atom is -0.455 e. The number of fused-ring (bicyclic) bond motifs is 1. The van der Waals surface area contributed by atoms with Gasteiger partial charge < -0.3 is 20.2 Å². The summed E-state index contributed by atoms with van der Waals surface area (Å²) in [6.07, 6.45) is 2.29. The van der Waals surface area contributed by atoms with E-state index in [0.717, 1.165) is 17.3 Å². The van der Waals surface area contributed by atoms with E-state index >= 15 is 0 Å². The van der Waals surface area contributed by atoms with Crippen molar-refractivity contribution in [2.45, 2.75) is 13.0 Å². The predicted molar refractivity (Wildman–Crippen MR) is 147 cm³/mol. The normalized spacial score (nSPS) is 11.8. The van der Waals surface area contributed by atoms with E-state index in [9.17, 15) is 23.9 Å². The maximum absolute atomic E-state index is 13.3. The van der Waals surface area contributed by atoms with Crippen molar-refractivity contribution in [1.29, 1.82) is 0 Å². The van der Waals surface area contributed by atoms with Gasteiger partial charge in [0.25, 0.3) is 17.4 Å². The molecule has 0 radical (unpaired) electrons. The monoisotopic (exact) mass is 540 g/mol. The van der Waals surface area contributed by atoms with Crippen molar-refractivity contribution < 1.29 is 23.5 Å². The number of aryl methyl sites for hydroxylation is 1. The first-order valence-corrected chi connectivity index (χ1v) is 12.4. The zero-order valence-corrected chi connectivity index (χ0v) is 21.6. The Labute approximate surface area is 227 Å². The number of hydrogen-bond acceptors (Lipinski definition) is 6. The van der Waals surface area contributed by atoms with Gasteiger partial charge in [0.05, 0.1) is 24.4 Å². The molecular formula is C30H25FN4O5. The predicted octanol–water partition coefficient (Wildman–Crippen LogP) is 3.92. The quantitative estimate of drug-likeness (QED) is 0.287.